The smallest absolute Gasteiger partial charge is 0.331 e. The number of esters is 1. The van der Waals surface area contributed by atoms with Crippen LogP contribution in [0, 0.1) is 6.92 Å². The maximum atomic E-state index is 12.1. The zero-order valence-electron chi connectivity index (χ0n) is 11.3. The molecule has 1 aromatic carbocycles. The number of hydrogen-bond donors (Lipinski definition) is 2. The molecule has 2 rings (SSSR count). The predicted molar refractivity (Wildman–Crippen MR) is 76.2 cm³/mol. The molecule has 7 heteroatoms. The third-order valence-electron chi connectivity index (χ3n) is 2.84. The number of methoxy groups -OCH3 is 1. The molecule has 0 radical (unpaired) electrons. The fourth-order valence-electron chi connectivity index (χ4n) is 1.74. The Kier molecular flexibility index (Phi) is 4.41. The average molecular weight is 292 g/mol. The molecule has 106 valence electrons. The highest BCUT2D eigenvalue weighted by atomic mass is 32.2. The van der Waals surface area contributed by atoms with E-state index in [-0.39, 0.29) is 0 Å². The van der Waals surface area contributed by atoms with E-state index in [1.54, 1.807) is 12.1 Å². The van der Waals surface area contributed by atoms with Crippen LogP contribution in [0.2, 0.25) is 0 Å². The molecular weight excluding hydrogens is 276 g/mol. The van der Waals surface area contributed by atoms with E-state index in [1.165, 1.54) is 18.9 Å². The molecule has 0 saturated carbocycles. The molecule has 0 amide bonds. The van der Waals surface area contributed by atoms with Crippen molar-refractivity contribution in [2.75, 3.05) is 12.9 Å². The van der Waals surface area contributed by atoms with Gasteiger partial charge in [-0.25, -0.2) is 9.78 Å². The lowest BCUT2D eigenvalue weighted by molar-refractivity contribution is -0.146. The van der Waals surface area contributed by atoms with Gasteiger partial charge in [0.15, 0.2) is 0 Å². The van der Waals surface area contributed by atoms with Crippen LogP contribution in [0.3, 0.4) is 0 Å². The average Bonchev–Trinajstić information content (AvgIpc) is 2.90. The second kappa shape index (κ2) is 6.06. The number of carbonyl (C=O) groups excluding carboxylic acids is 1. The quantitative estimate of drug-likeness (QED) is 0.636. The van der Waals surface area contributed by atoms with Gasteiger partial charge in [0.2, 0.25) is 5.16 Å². The minimum absolute atomic E-state index is 0.293. The van der Waals surface area contributed by atoms with E-state index in [9.17, 15) is 4.79 Å². The molecule has 20 heavy (non-hydrogen) atoms. The Balaban J connectivity index is 2.22. The first-order valence-corrected chi connectivity index (χ1v) is 6.99. The number of rotatable bonds is 5. The maximum absolute atomic E-state index is 12.1. The summed E-state index contributed by atoms with van der Waals surface area (Å²) in [6.07, 6.45) is 0. The fourth-order valence-corrected chi connectivity index (χ4v) is 2.70. The van der Waals surface area contributed by atoms with Gasteiger partial charge < -0.3 is 10.5 Å². The summed E-state index contributed by atoms with van der Waals surface area (Å²) < 4.78 is 4.84. The van der Waals surface area contributed by atoms with Crippen LogP contribution in [-0.2, 0) is 15.1 Å². The molecule has 0 bridgehead atoms. The highest BCUT2D eigenvalue weighted by molar-refractivity contribution is 7.99. The van der Waals surface area contributed by atoms with Gasteiger partial charge in [0.25, 0.3) is 0 Å². The second-order valence-electron chi connectivity index (χ2n) is 4.32. The molecule has 0 aliphatic rings. The van der Waals surface area contributed by atoms with E-state index in [2.05, 4.69) is 15.2 Å². The first-order chi connectivity index (χ1) is 9.56. The number of ether oxygens (including phenoxy) is 1. The number of aromatic amines is 1. The maximum Gasteiger partial charge on any atom is 0.331 e. The van der Waals surface area contributed by atoms with Gasteiger partial charge in [-0.05, 0) is 12.5 Å². The van der Waals surface area contributed by atoms with Crippen LogP contribution < -0.4 is 5.73 Å². The molecule has 1 aromatic heterocycles. The van der Waals surface area contributed by atoms with Crippen molar-refractivity contribution in [3.05, 3.63) is 41.7 Å². The Morgan fingerprint density at radius 3 is 2.70 bits per heavy atom. The molecule has 1 unspecified atom stereocenters. The molecule has 1 atom stereocenters. The molecule has 0 saturated heterocycles. The van der Waals surface area contributed by atoms with E-state index in [1.807, 2.05) is 25.1 Å². The minimum atomic E-state index is -1.23. The number of nitrogens with one attached hydrogen (secondary N) is 1. The van der Waals surface area contributed by atoms with Gasteiger partial charge in [-0.15, -0.1) is 5.10 Å². The molecule has 0 aliphatic heterocycles. The van der Waals surface area contributed by atoms with E-state index in [0.717, 1.165) is 0 Å². The number of thioether (sulfide) groups is 1. The summed E-state index contributed by atoms with van der Waals surface area (Å²) in [7, 11) is 1.33. The molecule has 0 spiro atoms. The van der Waals surface area contributed by atoms with Gasteiger partial charge in [0.05, 0.1) is 7.11 Å². The van der Waals surface area contributed by atoms with Crippen molar-refractivity contribution in [3.63, 3.8) is 0 Å². The van der Waals surface area contributed by atoms with Crippen LogP contribution in [0.1, 0.15) is 11.4 Å². The summed E-state index contributed by atoms with van der Waals surface area (Å²) in [5.41, 5.74) is 5.74. The van der Waals surface area contributed by atoms with Gasteiger partial charge in [0, 0.05) is 5.75 Å². The lowest BCUT2D eigenvalue weighted by Crippen LogP contribution is -2.48. The SMILES string of the molecule is COC(=O)C(N)(CSc1n[nH]c(C)n1)c1ccccc1. The second-order valence-corrected chi connectivity index (χ2v) is 5.26. The topological polar surface area (TPSA) is 93.9 Å². The summed E-state index contributed by atoms with van der Waals surface area (Å²) in [6, 6.07) is 9.15. The van der Waals surface area contributed by atoms with Gasteiger partial charge in [0.1, 0.15) is 11.4 Å². The lowest BCUT2D eigenvalue weighted by Gasteiger charge is -2.26. The predicted octanol–water partition coefficient (Wildman–Crippen LogP) is 1.23. The first kappa shape index (κ1) is 14.5. The highest BCUT2D eigenvalue weighted by Gasteiger charge is 2.37. The van der Waals surface area contributed by atoms with Gasteiger partial charge in [-0.1, -0.05) is 42.1 Å². The summed E-state index contributed by atoms with van der Waals surface area (Å²) >= 11 is 1.31. The number of carbonyl (C=O) groups is 1. The monoisotopic (exact) mass is 292 g/mol. The Bertz CT molecular complexity index is 587. The zero-order valence-corrected chi connectivity index (χ0v) is 12.1. The minimum Gasteiger partial charge on any atom is -0.467 e. The number of H-pyrrole nitrogens is 1. The van der Waals surface area contributed by atoms with Gasteiger partial charge in [-0.2, -0.15) is 0 Å². The van der Waals surface area contributed by atoms with Crippen LogP contribution in [0.4, 0.5) is 0 Å². The standard InChI is InChI=1S/C13H16N4O2S/c1-9-15-12(17-16-9)20-8-13(14,11(18)19-2)10-6-4-3-5-7-10/h3-7H,8,14H2,1-2H3,(H,15,16,17). The Labute approximate surface area is 121 Å². The van der Waals surface area contributed by atoms with Crippen LogP contribution in [0.5, 0.6) is 0 Å². The summed E-state index contributed by atoms with van der Waals surface area (Å²) in [4.78, 5) is 16.2. The number of aromatic nitrogens is 3. The molecular formula is C13H16N4O2S. The van der Waals surface area contributed by atoms with Crippen molar-refractivity contribution in [3.8, 4) is 0 Å². The number of nitrogens with two attached hydrogens (primary N) is 1. The number of hydrogen-bond acceptors (Lipinski definition) is 6. The van der Waals surface area contributed by atoms with Crippen LogP contribution in [0.25, 0.3) is 0 Å². The summed E-state index contributed by atoms with van der Waals surface area (Å²) in [5.74, 6) is 0.525. The molecule has 6 nitrogen and oxygen atoms in total. The van der Waals surface area contributed by atoms with Crippen molar-refractivity contribution >= 4 is 17.7 Å². The lowest BCUT2D eigenvalue weighted by atomic mass is 9.93. The van der Waals surface area contributed by atoms with Crippen LogP contribution in [-0.4, -0.2) is 34.0 Å². The van der Waals surface area contributed by atoms with Crippen molar-refractivity contribution in [2.24, 2.45) is 5.73 Å². The van der Waals surface area contributed by atoms with Crippen molar-refractivity contribution < 1.29 is 9.53 Å². The van der Waals surface area contributed by atoms with Gasteiger partial charge in [-0.3, -0.25) is 5.10 Å². The van der Waals surface area contributed by atoms with E-state index < -0.39 is 11.5 Å². The van der Waals surface area contributed by atoms with Crippen molar-refractivity contribution in [2.45, 2.75) is 17.6 Å². The zero-order chi connectivity index (χ0) is 14.6. The van der Waals surface area contributed by atoms with Crippen LogP contribution >= 0.6 is 11.8 Å². The number of nitrogens with zero attached hydrogens (tertiary/aromatic N) is 2. The molecule has 3 N–H and O–H groups in total. The molecule has 0 aliphatic carbocycles. The Morgan fingerprint density at radius 1 is 1.45 bits per heavy atom. The Hall–Kier alpha value is -1.86. The first-order valence-electron chi connectivity index (χ1n) is 6.01. The number of benzene rings is 1. The van der Waals surface area contributed by atoms with E-state index in [4.69, 9.17) is 10.5 Å². The van der Waals surface area contributed by atoms with Crippen LogP contribution in [0.15, 0.2) is 35.5 Å². The molecule has 2 aromatic rings. The fraction of sp³-hybridized carbons (Fsp3) is 0.308. The van der Waals surface area contributed by atoms with Crippen molar-refractivity contribution in [1.29, 1.82) is 0 Å². The molecule has 0 fully saturated rings. The van der Waals surface area contributed by atoms with E-state index in [0.29, 0.717) is 22.3 Å². The van der Waals surface area contributed by atoms with Gasteiger partial charge >= 0.3 is 5.97 Å². The third-order valence-corrected chi connectivity index (χ3v) is 3.88. The third kappa shape index (κ3) is 3.00. The summed E-state index contributed by atoms with van der Waals surface area (Å²) in [5, 5.41) is 7.32. The largest absolute Gasteiger partial charge is 0.467 e. The Morgan fingerprint density at radius 2 is 2.15 bits per heavy atom. The number of aryl methyl sites for hydroxylation is 1. The van der Waals surface area contributed by atoms with E-state index >= 15 is 0 Å². The summed E-state index contributed by atoms with van der Waals surface area (Å²) in [6.45, 7) is 1.81. The molecule has 1 heterocycles. The highest BCUT2D eigenvalue weighted by Crippen LogP contribution is 2.27. The normalized spacial score (nSPS) is 13.8. The van der Waals surface area contributed by atoms with Crippen molar-refractivity contribution in [1.82, 2.24) is 15.2 Å².